The van der Waals surface area contributed by atoms with Crippen LogP contribution in [0.4, 0.5) is 0 Å². The molecule has 32 heavy (non-hydrogen) atoms. The summed E-state index contributed by atoms with van der Waals surface area (Å²) < 4.78 is 31.3. The Morgan fingerprint density at radius 1 is 1.00 bits per heavy atom. The molecule has 0 amide bonds. The van der Waals surface area contributed by atoms with Crippen molar-refractivity contribution in [3.8, 4) is 5.75 Å². The fourth-order valence-corrected chi connectivity index (χ4v) is 11.4. The van der Waals surface area contributed by atoms with Gasteiger partial charge in [0.05, 0.1) is 32.5 Å². The summed E-state index contributed by atoms with van der Waals surface area (Å²) in [6.07, 6.45) is -1.45. The molecule has 2 aliphatic heterocycles. The molecule has 2 saturated heterocycles. The van der Waals surface area contributed by atoms with Crippen molar-refractivity contribution in [3.63, 3.8) is 0 Å². The number of hydrogen-bond donors (Lipinski definition) is 1. The van der Waals surface area contributed by atoms with Crippen LogP contribution in [-0.4, -0.2) is 58.2 Å². The largest absolute Gasteiger partial charge is 0.497 e. The minimum Gasteiger partial charge on any atom is -0.497 e. The Kier molecular flexibility index (Phi) is 8.44. The van der Waals surface area contributed by atoms with Crippen LogP contribution in [0.5, 0.6) is 5.75 Å². The Balaban J connectivity index is 1.92. The first-order valence-electron chi connectivity index (χ1n) is 12.0. The van der Waals surface area contributed by atoms with Crippen molar-refractivity contribution in [3.05, 3.63) is 29.8 Å². The minimum absolute atomic E-state index is 0.0130. The van der Waals surface area contributed by atoms with Gasteiger partial charge in [0.1, 0.15) is 18.0 Å². The van der Waals surface area contributed by atoms with Crippen LogP contribution in [0, 0.1) is 5.92 Å². The van der Waals surface area contributed by atoms with Crippen molar-refractivity contribution >= 4 is 8.32 Å². The van der Waals surface area contributed by atoms with Crippen molar-refractivity contribution in [2.24, 2.45) is 5.92 Å². The van der Waals surface area contributed by atoms with Crippen molar-refractivity contribution in [1.29, 1.82) is 0 Å². The van der Waals surface area contributed by atoms with E-state index >= 15 is 0 Å². The average molecular weight is 467 g/mol. The van der Waals surface area contributed by atoms with Crippen LogP contribution in [0.3, 0.4) is 0 Å². The van der Waals surface area contributed by atoms with E-state index in [0.29, 0.717) is 23.2 Å². The zero-order valence-corrected chi connectivity index (χ0v) is 21.9. The standard InChI is InChI=1S/C25H42O6Si/c1-15(2)32(16(3)4,17(5)6)31-23-18(7)21(13-26)29-22-14-28-25(30-24(22)23)19-9-11-20(27-8)12-10-19/h9-12,15-18,21-26H,13-14H2,1-8H3/t18-,21-,22+,23+,24+,25?/m0/s1. The third-order valence-corrected chi connectivity index (χ3v) is 13.5. The van der Waals surface area contributed by atoms with Gasteiger partial charge in [0.25, 0.3) is 0 Å². The van der Waals surface area contributed by atoms with Crippen molar-refractivity contribution < 1.29 is 28.5 Å². The predicted molar refractivity (Wildman–Crippen MR) is 127 cm³/mol. The van der Waals surface area contributed by atoms with E-state index in [9.17, 15) is 5.11 Å². The Morgan fingerprint density at radius 2 is 1.59 bits per heavy atom. The Labute approximate surface area is 194 Å². The topological polar surface area (TPSA) is 66.4 Å². The normalized spacial score (nSPS) is 31.2. The smallest absolute Gasteiger partial charge is 0.200 e. The highest BCUT2D eigenvalue weighted by Crippen LogP contribution is 2.47. The van der Waals surface area contributed by atoms with Gasteiger partial charge >= 0.3 is 0 Å². The number of benzene rings is 1. The van der Waals surface area contributed by atoms with Crippen LogP contribution in [0.1, 0.15) is 60.3 Å². The van der Waals surface area contributed by atoms with Gasteiger partial charge in [0, 0.05) is 11.5 Å². The van der Waals surface area contributed by atoms with Gasteiger partial charge in [-0.05, 0) is 28.8 Å². The van der Waals surface area contributed by atoms with E-state index in [0.717, 1.165) is 11.3 Å². The number of rotatable bonds is 8. The monoisotopic (exact) mass is 466 g/mol. The van der Waals surface area contributed by atoms with Gasteiger partial charge in [-0.1, -0.05) is 60.6 Å². The van der Waals surface area contributed by atoms with E-state index in [2.05, 4.69) is 48.5 Å². The summed E-state index contributed by atoms with van der Waals surface area (Å²) in [4.78, 5) is 0. The first kappa shape index (κ1) is 25.7. The maximum Gasteiger partial charge on any atom is 0.200 e. The quantitative estimate of drug-likeness (QED) is 0.540. The lowest BCUT2D eigenvalue weighted by atomic mass is 9.88. The van der Waals surface area contributed by atoms with Crippen LogP contribution < -0.4 is 4.74 Å². The summed E-state index contributed by atoms with van der Waals surface area (Å²) in [6.45, 7) is 16.2. The van der Waals surface area contributed by atoms with E-state index in [4.69, 9.17) is 23.4 Å². The molecule has 0 spiro atoms. The zero-order chi connectivity index (χ0) is 23.6. The van der Waals surface area contributed by atoms with Crippen LogP contribution in [0.2, 0.25) is 16.6 Å². The number of aliphatic hydroxyl groups excluding tert-OH is 1. The van der Waals surface area contributed by atoms with E-state index < -0.39 is 14.6 Å². The van der Waals surface area contributed by atoms with Gasteiger partial charge in [0.15, 0.2) is 6.29 Å². The molecule has 6 nitrogen and oxygen atoms in total. The second-order valence-corrected chi connectivity index (χ2v) is 15.6. The molecule has 0 aromatic heterocycles. The molecule has 0 bridgehead atoms. The lowest BCUT2D eigenvalue weighted by Gasteiger charge is -2.53. The molecule has 182 valence electrons. The summed E-state index contributed by atoms with van der Waals surface area (Å²) in [7, 11) is -0.509. The SMILES string of the molecule is COc1ccc(C2OC[C@H]3O[C@@H](CO)[C@H](C)[C@@H](O[Si](C(C)C)(C(C)C)C(C)C)[C@@H]3O2)cc1. The van der Waals surface area contributed by atoms with Crippen LogP contribution >= 0.6 is 0 Å². The van der Waals surface area contributed by atoms with Crippen LogP contribution in [-0.2, 0) is 18.6 Å². The van der Waals surface area contributed by atoms with Gasteiger partial charge in [-0.25, -0.2) is 0 Å². The third kappa shape index (κ3) is 4.79. The van der Waals surface area contributed by atoms with Gasteiger partial charge < -0.3 is 28.5 Å². The van der Waals surface area contributed by atoms with Crippen molar-refractivity contribution in [2.75, 3.05) is 20.3 Å². The summed E-state index contributed by atoms with van der Waals surface area (Å²) in [5.41, 5.74) is 2.32. The molecular weight excluding hydrogens is 424 g/mol. The molecule has 2 aliphatic rings. The van der Waals surface area contributed by atoms with Crippen molar-refractivity contribution in [1.82, 2.24) is 0 Å². The molecule has 1 aromatic rings. The molecule has 1 N–H and O–H groups in total. The van der Waals surface area contributed by atoms with E-state index in [-0.39, 0.29) is 36.9 Å². The van der Waals surface area contributed by atoms with Crippen LogP contribution in [0.25, 0.3) is 0 Å². The number of ether oxygens (including phenoxy) is 4. The van der Waals surface area contributed by atoms with E-state index in [1.54, 1.807) is 7.11 Å². The van der Waals surface area contributed by atoms with E-state index in [1.165, 1.54) is 0 Å². The van der Waals surface area contributed by atoms with Gasteiger partial charge in [-0.3, -0.25) is 0 Å². The summed E-state index contributed by atoms with van der Waals surface area (Å²) in [5.74, 6) is 0.810. The maximum atomic E-state index is 10.0. The van der Waals surface area contributed by atoms with Gasteiger partial charge in [-0.2, -0.15) is 0 Å². The highest BCUT2D eigenvalue weighted by molar-refractivity contribution is 6.77. The molecule has 0 radical (unpaired) electrons. The number of aliphatic hydroxyl groups is 1. The number of hydrogen-bond acceptors (Lipinski definition) is 6. The van der Waals surface area contributed by atoms with Crippen molar-refractivity contribution in [2.45, 2.75) is 95.8 Å². The molecule has 6 atom stereocenters. The maximum absolute atomic E-state index is 10.0. The molecule has 1 aromatic carbocycles. The predicted octanol–water partition coefficient (Wildman–Crippen LogP) is 5.07. The lowest BCUT2D eigenvalue weighted by molar-refractivity contribution is -0.320. The lowest BCUT2D eigenvalue weighted by Crippen LogP contribution is -2.64. The molecule has 0 saturated carbocycles. The molecule has 1 unspecified atom stereocenters. The van der Waals surface area contributed by atoms with Gasteiger partial charge in [-0.15, -0.1) is 0 Å². The summed E-state index contributed by atoms with van der Waals surface area (Å²) in [5, 5.41) is 10.0. The summed E-state index contributed by atoms with van der Waals surface area (Å²) in [6, 6.07) is 7.77. The molecule has 7 heteroatoms. The first-order chi connectivity index (χ1) is 15.1. The fourth-order valence-electron chi connectivity index (χ4n) is 5.78. The second-order valence-electron chi connectivity index (χ2n) is 10.2. The summed E-state index contributed by atoms with van der Waals surface area (Å²) >= 11 is 0. The second kappa shape index (κ2) is 10.5. The van der Waals surface area contributed by atoms with E-state index in [1.807, 2.05) is 24.3 Å². The Morgan fingerprint density at radius 3 is 2.09 bits per heavy atom. The Hall–Kier alpha value is -0.963. The minimum atomic E-state index is -2.16. The van der Waals surface area contributed by atoms with Gasteiger partial charge in [0.2, 0.25) is 8.32 Å². The zero-order valence-electron chi connectivity index (χ0n) is 20.9. The molecule has 2 fully saturated rings. The third-order valence-electron chi connectivity index (χ3n) is 7.45. The number of methoxy groups -OCH3 is 1. The highest BCUT2D eigenvalue weighted by atomic mass is 28.4. The molecular formula is C25H42O6Si. The van der Waals surface area contributed by atoms with Crippen LogP contribution in [0.15, 0.2) is 24.3 Å². The first-order valence-corrected chi connectivity index (χ1v) is 14.1. The number of fused-ring (bicyclic) bond motifs is 1. The molecule has 2 heterocycles. The Bertz CT molecular complexity index is 700. The fraction of sp³-hybridized carbons (Fsp3) is 0.760. The highest BCUT2D eigenvalue weighted by Gasteiger charge is 2.54. The average Bonchev–Trinajstić information content (AvgIpc) is 2.77. The molecule has 3 rings (SSSR count). The molecule has 0 aliphatic carbocycles.